The number of thiocarbonyl (C=S) groups is 1. The van der Waals surface area contributed by atoms with Gasteiger partial charge >= 0.3 is 36.0 Å². The van der Waals surface area contributed by atoms with Crippen LogP contribution in [0.3, 0.4) is 0 Å². The van der Waals surface area contributed by atoms with Crippen molar-refractivity contribution < 1.29 is 65.9 Å². The summed E-state index contributed by atoms with van der Waals surface area (Å²) >= 11 is 4.92. The van der Waals surface area contributed by atoms with Crippen LogP contribution in [-0.4, -0.2) is 90.0 Å². The van der Waals surface area contributed by atoms with Gasteiger partial charge in [0.25, 0.3) is 0 Å². The van der Waals surface area contributed by atoms with E-state index in [-0.39, 0.29) is 0 Å². The molecule has 1 aliphatic heterocycles. The fourth-order valence-electron chi connectivity index (χ4n) is 3.06. The molecule has 0 aromatic rings. The molecule has 204 valence electrons. The molecule has 1 fully saturated rings. The maximum absolute atomic E-state index is 12.9. The summed E-state index contributed by atoms with van der Waals surface area (Å²) in [5.74, 6) is -8.35. The molecule has 0 aliphatic carbocycles. The molecule has 1 rings (SSSR count). The Morgan fingerprint density at radius 3 is 1.86 bits per heavy atom. The summed E-state index contributed by atoms with van der Waals surface area (Å²) in [6.07, 6.45) is -12.5. The van der Waals surface area contributed by atoms with Crippen LogP contribution in [0, 0.1) is 5.92 Å². The van der Waals surface area contributed by atoms with Crippen LogP contribution in [0.5, 0.6) is 0 Å². The highest BCUT2D eigenvalue weighted by atomic mass is 32.1. The van der Waals surface area contributed by atoms with Crippen LogP contribution in [0.25, 0.3) is 0 Å². The summed E-state index contributed by atoms with van der Waals surface area (Å²) in [7, 11) is 0. The average molecular weight is 546 g/mol. The molecule has 0 amide bonds. The zero-order valence-corrected chi connectivity index (χ0v) is 20.3. The lowest BCUT2D eigenvalue weighted by Gasteiger charge is -2.44. The predicted molar refractivity (Wildman–Crippen MR) is 113 cm³/mol. The van der Waals surface area contributed by atoms with E-state index in [0.29, 0.717) is 0 Å². The lowest BCUT2D eigenvalue weighted by Crippen LogP contribution is -2.67. The van der Waals surface area contributed by atoms with Crippen LogP contribution in [0.1, 0.15) is 27.7 Å². The van der Waals surface area contributed by atoms with E-state index in [2.05, 4.69) is 10.6 Å². The number of carboxylic acids is 1. The van der Waals surface area contributed by atoms with Crippen LogP contribution in [0.2, 0.25) is 0 Å². The molecule has 3 N–H and O–H groups in total. The number of alkyl halides is 3. The number of nitrogens with one attached hydrogen (secondary N) is 2. The van der Waals surface area contributed by atoms with Gasteiger partial charge < -0.3 is 39.4 Å². The lowest BCUT2D eigenvalue weighted by atomic mass is 9.97. The van der Waals surface area contributed by atoms with Crippen LogP contribution < -0.4 is 10.6 Å². The Labute approximate surface area is 207 Å². The Morgan fingerprint density at radius 1 is 0.917 bits per heavy atom. The summed E-state index contributed by atoms with van der Waals surface area (Å²) in [4.78, 5) is 57.4. The molecular weight excluding hydrogens is 521 g/mol. The second-order valence-corrected chi connectivity index (χ2v) is 7.81. The average Bonchev–Trinajstić information content (AvgIpc) is 2.68. The number of hydrogen-bond acceptors (Lipinski definition) is 11. The maximum atomic E-state index is 12.9. The third-order valence-corrected chi connectivity index (χ3v) is 4.69. The van der Waals surface area contributed by atoms with Gasteiger partial charge in [-0.15, -0.1) is 0 Å². The molecule has 0 bridgehead atoms. The third kappa shape index (κ3) is 9.80. The normalized spacial score (nSPS) is 24.5. The van der Waals surface area contributed by atoms with Crippen molar-refractivity contribution in [3.63, 3.8) is 0 Å². The molecule has 17 heteroatoms. The zero-order chi connectivity index (χ0) is 27.8. The fourth-order valence-corrected chi connectivity index (χ4v) is 3.26. The summed E-state index contributed by atoms with van der Waals surface area (Å²) in [5, 5.41) is 12.7. The van der Waals surface area contributed by atoms with Crippen molar-refractivity contribution >= 4 is 47.2 Å². The molecule has 1 saturated heterocycles. The Kier molecular flexibility index (Phi) is 11.3. The number of carbonyl (C=O) groups is 5. The summed E-state index contributed by atoms with van der Waals surface area (Å²) in [6, 6.07) is 0. The summed E-state index contributed by atoms with van der Waals surface area (Å²) in [6.45, 7) is 2.40. The summed E-state index contributed by atoms with van der Waals surface area (Å²) in [5.41, 5.74) is 0. The highest BCUT2D eigenvalue weighted by Crippen LogP contribution is 2.29. The zero-order valence-electron chi connectivity index (χ0n) is 19.5. The SMILES string of the molecule is CC(=O)OC[C@H]1O[C@@H](NC(=S)NCC(C(=O)O)C(F)(F)F)[C@H](OC(C)=O)[C@@H](OC(C)=O)[C@@H]1OC(C)=O. The van der Waals surface area contributed by atoms with Gasteiger partial charge in [0.05, 0.1) is 0 Å². The number of halogens is 3. The molecule has 0 aromatic carbocycles. The van der Waals surface area contributed by atoms with Crippen molar-refractivity contribution in [1.29, 1.82) is 0 Å². The Morgan fingerprint density at radius 2 is 1.42 bits per heavy atom. The molecule has 13 nitrogen and oxygen atoms in total. The number of carbonyl (C=O) groups excluding carboxylic acids is 4. The van der Waals surface area contributed by atoms with Crippen molar-refractivity contribution in [3.05, 3.63) is 0 Å². The maximum Gasteiger partial charge on any atom is 0.403 e. The first-order valence-corrected chi connectivity index (χ1v) is 10.6. The van der Waals surface area contributed by atoms with Gasteiger partial charge in [0.2, 0.25) is 0 Å². The van der Waals surface area contributed by atoms with E-state index in [1.54, 1.807) is 0 Å². The van der Waals surface area contributed by atoms with Crippen LogP contribution in [-0.2, 0) is 47.7 Å². The van der Waals surface area contributed by atoms with Gasteiger partial charge in [-0.25, -0.2) is 0 Å². The topological polar surface area (TPSA) is 176 Å². The lowest BCUT2D eigenvalue weighted by molar-refractivity contribution is -0.255. The second-order valence-electron chi connectivity index (χ2n) is 7.41. The number of hydrogen-bond donors (Lipinski definition) is 3. The second kappa shape index (κ2) is 13.2. The highest BCUT2D eigenvalue weighted by Gasteiger charge is 2.52. The third-order valence-electron chi connectivity index (χ3n) is 4.42. The molecule has 1 heterocycles. The predicted octanol–water partition coefficient (Wildman–Crippen LogP) is -0.203. The van der Waals surface area contributed by atoms with Gasteiger partial charge in [0.15, 0.2) is 35.6 Å². The molecule has 6 atom stereocenters. The van der Waals surface area contributed by atoms with Gasteiger partial charge in [-0.2, -0.15) is 13.2 Å². The van der Waals surface area contributed by atoms with E-state index in [0.717, 1.165) is 27.7 Å². The number of ether oxygens (including phenoxy) is 5. The van der Waals surface area contributed by atoms with Crippen LogP contribution in [0.15, 0.2) is 0 Å². The van der Waals surface area contributed by atoms with Crippen molar-refractivity contribution in [2.24, 2.45) is 5.92 Å². The number of esters is 4. The van der Waals surface area contributed by atoms with Gasteiger partial charge in [-0.3, -0.25) is 24.0 Å². The minimum Gasteiger partial charge on any atom is -0.481 e. The van der Waals surface area contributed by atoms with E-state index >= 15 is 0 Å². The van der Waals surface area contributed by atoms with Gasteiger partial charge in [0.1, 0.15) is 12.7 Å². The highest BCUT2D eigenvalue weighted by molar-refractivity contribution is 7.80. The Hall–Kier alpha value is -3.21. The first kappa shape index (κ1) is 30.8. The van der Waals surface area contributed by atoms with Gasteiger partial charge in [-0.05, 0) is 12.2 Å². The van der Waals surface area contributed by atoms with Crippen molar-refractivity contribution in [2.45, 2.75) is 64.5 Å². The number of aliphatic carboxylic acids is 1. The molecule has 0 radical (unpaired) electrons. The monoisotopic (exact) mass is 546 g/mol. The van der Waals surface area contributed by atoms with E-state index in [4.69, 9.17) is 41.0 Å². The van der Waals surface area contributed by atoms with Gasteiger partial charge in [0, 0.05) is 34.2 Å². The summed E-state index contributed by atoms with van der Waals surface area (Å²) < 4.78 is 64.8. The molecular formula is C19H25F3N2O11S. The minimum atomic E-state index is -5.08. The first-order valence-electron chi connectivity index (χ1n) is 10.2. The van der Waals surface area contributed by atoms with E-state index < -0.39 is 90.8 Å². The Balaban J connectivity index is 3.26. The quantitative estimate of drug-likeness (QED) is 0.197. The molecule has 0 aromatic heterocycles. The van der Waals surface area contributed by atoms with Crippen LogP contribution in [0.4, 0.5) is 13.2 Å². The van der Waals surface area contributed by atoms with Crippen molar-refractivity contribution in [1.82, 2.24) is 10.6 Å². The first-order chi connectivity index (χ1) is 16.5. The Bertz CT molecular complexity index is 870. The van der Waals surface area contributed by atoms with E-state index in [9.17, 15) is 37.1 Å². The largest absolute Gasteiger partial charge is 0.481 e. The van der Waals surface area contributed by atoms with Crippen LogP contribution >= 0.6 is 12.2 Å². The molecule has 1 aliphatic rings. The molecule has 0 saturated carbocycles. The minimum absolute atomic E-state index is 0.536. The fraction of sp³-hybridized carbons (Fsp3) is 0.684. The van der Waals surface area contributed by atoms with Gasteiger partial charge in [-0.1, -0.05) is 0 Å². The molecule has 0 spiro atoms. The number of rotatable bonds is 9. The molecule has 36 heavy (non-hydrogen) atoms. The van der Waals surface area contributed by atoms with Crippen molar-refractivity contribution in [2.75, 3.05) is 13.2 Å². The molecule has 1 unspecified atom stereocenters. The smallest absolute Gasteiger partial charge is 0.403 e. The number of carboxylic acid groups (broad SMARTS) is 1. The van der Waals surface area contributed by atoms with Crippen molar-refractivity contribution in [3.8, 4) is 0 Å². The van der Waals surface area contributed by atoms with E-state index in [1.807, 2.05) is 0 Å². The van der Waals surface area contributed by atoms with E-state index in [1.165, 1.54) is 0 Å². The standard InChI is InChI=1S/C19H25F3N2O11S/c1-7(25)31-6-12-13(32-8(2)26)14(33-9(3)27)15(34-10(4)28)16(35-12)24-18(36)23-5-11(17(29)30)19(20,21)22/h11-16H,5-6H2,1-4H3,(H,29,30)(H2,23,24,36)/t11?,12-,13-,14+,15-,16-/m1/s1.